The van der Waals surface area contributed by atoms with E-state index in [1.165, 1.54) is 6.07 Å². The Balaban J connectivity index is 2.32. The molecule has 0 amide bonds. The van der Waals surface area contributed by atoms with E-state index in [2.05, 4.69) is 0 Å². The Hall–Kier alpha value is -1.74. The van der Waals surface area contributed by atoms with Crippen molar-refractivity contribution in [2.75, 3.05) is 5.73 Å². The van der Waals surface area contributed by atoms with E-state index in [1.54, 1.807) is 12.1 Å². The van der Waals surface area contributed by atoms with E-state index >= 15 is 0 Å². The molecule has 0 radical (unpaired) electrons. The summed E-state index contributed by atoms with van der Waals surface area (Å²) in [6, 6.07) is 11.6. The van der Waals surface area contributed by atoms with Gasteiger partial charge in [0.25, 0.3) is 0 Å². The van der Waals surface area contributed by atoms with Gasteiger partial charge >= 0.3 is 0 Å². The van der Waals surface area contributed by atoms with E-state index in [-0.39, 0.29) is 10.7 Å². The smallest absolute Gasteiger partial charge is 0.151 e. The summed E-state index contributed by atoms with van der Waals surface area (Å²) in [7, 11) is 0. The second-order valence-electron chi connectivity index (χ2n) is 3.22. The molecule has 4 heteroatoms. The molecule has 0 unspecified atom stereocenters. The first-order valence-corrected chi connectivity index (χ1v) is 5.02. The second kappa shape index (κ2) is 4.41. The van der Waals surface area contributed by atoms with Gasteiger partial charge in [0.05, 0.1) is 10.7 Å². The molecular formula is C12H9ClFNO. The van der Waals surface area contributed by atoms with Gasteiger partial charge in [-0.25, -0.2) is 4.39 Å². The molecule has 0 spiro atoms. The number of nitrogen functional groups attached to an aromatic ring is 1. The number of halogens is 2. The van der Waals surface area contributed by atoms with Crippen molar-refractivity contribution in [1.29, 1.82) is 0 Å². The molecular weight excluding hydrogens is 229 g/mol. The molecule has 2 N–H and O–H groups in total. The highest BCUT2D eigenvalue weighted by Crippen LogP contribution is 2.31. The molecule has 0 aliphatic rings. The Morgan fingerprint density at radius 1 is 1.12 bits per heavy atom. The average Bonchev–Trinajstić information content (AvgIpc) is 2.27. The highest BCUT2D eigenvalue weighted by molar-refractivity contribution is 6.31. The number of rotatable bonds is 2. The highest BCUT2D eigenvalue weighted by atomic mass is 35.5. The molecule has 2 nitrogen and oxygen atoms in total. The van der Waals surface area contributed by atoms with Crippen LogP contribution in [0.25, 0.3) is 0 Å². The molecule has 0 heterocycles. The van der Waals surface area contributed by atoms with Crippen LogP contribution in [-0.2, 0) is 0 Å². The van der Waals surface area contributed by atoms with Gasteiger partial charge in [0, 0.05) is 12.1 Å². The van der Waals surface area contributed by atoms with Crippen LogP contribution in [0, 0.1) is 5.82 Å². The molecule has 0 saturated heterocycles. The summed E-state index contributed by atoms with van der Waals surface area (Å²) in [5.74, 6) is 0.411. The van der Waals surface area contributed by atoms with Crippen molar-refractivity contribution in [1.82, 2.24) is 0 Å². The first-order chi connectivity index (χ1) is 7.66. The molecule has 82 valence electrons. The van der Waals surface area contributed by atoms with Crippen molar-refractivity contribution in [2.45, 2.75) is 0 Å². The molecule has 0 aromatic heterocycles. The standard InChI is InChI=1S/C12H9ClFNO/c13-9-6-12(11(15)7-10(9)14)16-8-4-2-1-3-5-8/h1-7H,15H2. The van der Waals surface area contributed by atoms with Crippen LogP contribution in [0.5, 0.6) is 11.5 Å². The summed E-state index contributed by atoms with van der Waals surface area (Å²) >= 11 is 5.64. The van der Waals surface area contributed by atoms with Gasteiger partial charge in [0.2, 0.25) is 0 Å². The molecule has 0 fully saturated rings. The lowest BCUT2D eigenvalue weighted by molar-refractivity contribution is 0.483. The van der Waals surface area contributed by atoms with Crippen LogP contribution in [0.1, 0.15) is 0 Å². The van der Waals surface area contributed by atoms with E-state index < -0.39 is 5.82 Å². The number of benzene rings is 2. The molecule has 0 aliphatic carbocycles. The summed E-state index contributed by atoms with van der Waals surface area (Å²) < 4.78 is 18.5. The number of hydrogen-bond donors (Lipinski definition) is 1. The minimum atomic E-state index is -0.556. The highest BCUT2D eigenvalue weighted by Gasteiger charge is 2.07. The van der Waals surface area contributed by atoms with Crippen molar-refractivity contribution >= 4 is 17.3 Å². The van der Waals surface area contributed by atoms with Crippen LogP contribution in [0.15, 0.2) is 42.5 Å². The van der Waals surface area contributed by atoms with E-state index in [0.717, 1.165) is 6.07 Å². The summed E-state index contributed by atoms with van der Waals surface area (Å²) in [5.41, 5.74) is 5.83. The van der Waals surface area contributed by atoms with Gasteiger partial charge in [0.1, 0.15) is 11.6 Å². The maximum atomic E-state index is 13.0. The molecule has 2 aromatic rings. The van der Waals surface area contributed by atoms with Crippen LogP contribution in [0.2, 0.25) is 5.02 Å². The quantitative estimate of drug-likeness (QED) is 0.805. The Kier molecular flexibility index (Phi) is 2.97. The van der Waals surface area contributed by atoms with Crippen LogP contribution in [-0.4, -0.2) is 0 Å². The van der Waals surface area contributed by atoms with E-state index in [1.807, 2.05) is 18.2 Å². The summed E-state index contributed by atoms with van der Waals surface area (Å²) in [6.45, 7) is 0. The van der Waals surface area contributed by atoms with Gasteiger partial charge in [0.15, 0.2) is 5.75 Å². The monoisotopic (exact) mass is 237 g/mol. The third-order valence-corrected chi connectivity index (χ3v) is 2.31. The Morgan fingerprint density at radius 3 is 2.50 bits per heavy atom. The molecule has 16 heavy (non-hydrogen) atoms. The Labute approximate surface area is 97.4 Å². The third-order valence-electron chi connectivity index (χ3n) is 2.02. The number of hydrogen-bond acceptors (Lipinski definition) is 2. The fourth-order valence-electron chi connectivity index (χ4n) is 1.25. The minimum Gasteiger partial charge on any atom is -0.455 e. The summed E-state index contributed by atoms with van der Waals surface area (Å²) in [4.78, 5) is 0. The van der Waals surface area contributed by atoms with Crippen molar-refractivity contribution in [3.8, 4) is 11.5 Å². The van der Waals surface area contributed by atoms with Crippen molar-refractivity contribution in [3.05, 3.63) is 53.3 Å². The van der Waals surface area contributed by atoms with Gasteiger partial charge < -0.3 is 10.5 Å². The normalized spacial score (nSPS) is 10.1. The number of ether oxygens (including phenoxy) is 1. The summed E-state index contributed by atoms with van der Waals surface area (Å²) in [5, 5.41) is -0.0138. The fourth-order valence-corrected chi connectivity index (χ4v) is 1.40. The van der Waals surface area contributed by atoms with Crippen LogP contribution >= 0.6 is 11.6 Å². The fraction of sp³-hybridized carbons (Fsp3) is 0. The van der Waals surface area contributed by atoms with E-state index in [0.29, 0.717) is 11.5 Å². The molecule has 2 aromatic carbocycles. The Morgan fingerprint density at radius 2 is 1.81 bits per heavy atom. The maximum Gasteiger partial charge on any atom is 0.151 e. The van der Waals surface area contributed by atoms with Gasteiger partial charge in [-0.3, -0.25) is 0 Å². The maximum absolute atomic E-state index is 13.0. The largest absolute Gasteiger partial charge is 0.455 e. The lowest BCUT2D eigenvalue weighted by Gasteiger charge is -2.08. The van der Waals surface area contributed by atoms with Crippen LogP contribution in [0.4, 0.5) is 10.1 Å². The first-order valence-electron chi connectivity index (χ1n) is 4.64. The van der Waals surface area contributed by atoms with Crippen molar-refractivity contribution < 1.29 is 9.13 Å². The van der Waals surface area contributed by atoms with E-state index in [9.17, 15) is 4.39 Å². The van der Waals surface area contributed by atoms with Gasteiger partial charge in [-0.05, 0) is 12.1 Å². The molecule has 0 saturated carbocycles. The zero-order valence-electron chi connectivity index (χ0n) is 8.28. The predicted molar refractivity (Wildman–Crippen MR) is 62.3 cm³/mol. The van der Waals surface area contributed by atoms with E-state index in [4.69, 9.17) is 22.1 Å². The van der Waals surface area contributed by atoms with Crippen LogP contribution in [0.3, 0.4) is 0 Å². The molecule has 0 bridgehead atoms. The number of anilines is 1. The van der Waals surface area contributed by atoms with Crippen LogP contribution < -0.4 is 10.5 Å². The Bertz CT molecular complexity index is 502. The zero-order valence-corrected chi connectivity index (χ0v) is 9.04. The predicted octanol–water partition coefficient (Wildman–Crippen LogP) is 3.85. The number of nitrogens with two attached hydrogens (primary N) is 1. The lowest BCUT2D eigenvalue weighted by Crippen LogP contribution is -1.93. The summed E-state index contributed by atoms with van der Waals surface area (Å²) in [6.07, 6.45) is 0. The number of para-hydroxylation sites is 1. The molecule has 2 rings (SSSR count). The van der Waals surface area contributed by atoms with Crippen molar-refractivity contribution in [3.63, 3.8) is 0 Å². The third kappa shape index (κ3) is 2.25. The zero-order chi connectivity index (χ0) is 11.5. The average molecular weight is 238 g/mol. The van der Waals surface area contributed by atoms with Crippen molar-refractivity contribution in [2.24, 2.45) is 0 Å². The topological polar surface area (TPSA) is 35.2 Å². The van der Waals surface area contributed by atoms with Gasteiger partial charge in [-0.15, -0.1) is 0 Å². The minimum absolute atomic E-state index is 0.0138. The lowest BCUT2D eigenvalue weighted by atomic mass is 10.3. The molecule has 0 atom stereocenters. The second-order valence-corrected chi connectivity index (χ2v) is 3.63. The SMILES string of the molecule is Nc1cc(F)c(Cl)cc1Oc1ccccc1. The van der Waals surface area contributed by atoms with Gasteiger partial charge in [-0.1, -0.05) is 29.8 Å². The molecule has 0 aliphatic heterocycles. The first kappa shape index (κ1) is 10.8. The van der Waals surface area contributed by atoms with Gasteiger partial charge in [-0.2, -0.15) is 0 Å².